The standard InChI is InChI=1S/C36H34N2O7S/c39-35(37-19-20-46(41,42)43)28-9-7-24(8-10-28)21-32(26-13-17-31(18-14-26)44-23-25-5-6-25)36(40)38-30-15-11-27(12-16-30)34-22-29-3-1-2-4-33(29)45-34/h1-4,7-18,22,25,32H,5-6,19-21,23H2,(H,37,39)(H,38,40)(H,41,42,43). The molecule has 0 saturated heterocycles. The van der Waals surface area contributed by atoms with Crippen molar-refractivity contribution in [1.82, 2.24) is 5.32 Å². The van der Waals surface area contributed by atoms with Crippen molar-refractivity contribution >= 4 is 38.6 Å². The van der Waals surface area contributed by atoms with Crippen molar-refractivity contribution in [3.05, 3.63) is 120 Å². The molecule has 46 heavy (non-hydrogen) atoms. The fraction of sp³-hybridized carbons (Fsp3) is 0.222. The molecule has 1 atom stereocenters. The Morgan fingerprint density at radius 1 is 0.913 bits per heavy atom. The van der Waals surface area contributed by atoms with Gasteiger partial charge in [-0.05, 0) is 97.0 Å². The Morgan fingerprint density at radius 2 is 1.63 bits per heavy atom. The van der Waals surface area contributed by atoms with Crippen LogP contribution in [0.3, 0.4) is 0 Å². The van der Waals surface area contributed by atoms with E-state index in [9.17, 15) is 18.0 Å². The third-order valence-corrected chi connectivity index (χ3v) is 8.67. The maximum Gasteiger partial charge on any atom is 0.266 e. The van der Waals surface area contributed by atoms with Gasteiger partial charge in [0.25, 0.3) is 16.0 Å². The summed E-state index contributed by atoms with van der Waals surface area (Å²) in [5, 5.41) is 6.55. The molecule has 0 radical (unpaired) electrons. The number of hydrogen-bond acceptors (Lipinski definition) is 6. The zero-order valence-electron chi connectivity index (χ0n) is 25.0. The number of carbonyl (C=O) groups is 2. The first-order chi connectivity index (χ1) is 22.2. The van der Waals surface area contributed by atoms with Gasteiger partial charge >= 0.3 is 0 Å². The summed E-state index contributed by atoms with van der Waals surface area (Å²) in [7, 11) is -4.17. The molecule has 1 heterocycles. The van der Waals surface area contributed by atoms with Gasteiger partial charge < -0.3 is 19.8 Å². The molecule has 6 rings (SSSR count). The van der Waals surface area contributed by atoms with Crippen molar-refractivity contribution in [1.29, 1.82) is 0 Å². The minimum atomic E-state index is -4.17. The molecule has 1 aliphatic carbocycles. The first-order valence-electron chi connectivity index (χ1n) is 15.2. The Balaban J connectivity index is 1.16. The largest absolute Gasteiger partial charge is 0.493 e. The molecule has 0 bridgehead atoms. The SMILES string of the molecule is O=C(NCCS(=O)(=O)O)c1ccc(CC(C(=O)Nc2ccc(-c3cc4ccccc4o3)cc2)c2ccc(OCC3CC3)cc2)cc1. The predicted octanol–water partition coefficient (Wildman–Crippen LogP) is 6.47. The molecule has 1 fully saturated rings. The van der Waals surface area contributed by atoms with E-state index in [-0.39, 0.29) is 12.5 Å². The number of anilines is 1. The Labute approximate surface area is 267 Å². The van der Waals surface area contributed by atoms with E-state index in [2.05, 4.69) is 10.6 Å². The smallest absolute Gasteiger partial charge is 0.266 e. The number of ether oxygens (including phenoxy) is 1. The van der Waals surface area contributed by atoms with Crippen LogP contribution in [0.4, 0.5) is 5.69 Å². The van der Waals surface area contributed by atoms with Gasteiger partial charge in [0, 0.05) is 28.7 Å². The van der Waals surface area contributed by atoms with Gasteiger partial charge in [-0.3, -0.25) is 14.1 Å². The van der Waals surface area contributed by atoms with E-state index in [4.69, 9.17) is 13.7 Å². The number of benzene rings is 4. The third kappa shape index (κ3) is 8.21. The summed E-state index contributed by atoms with van der Waals surface area (Å²) in [5.41, 5.74) is 4.35. The topological polar surface area (TPSA) is 135 Å². The minimum absolute atomic E-state index is 0.185. The van der Waals surface area contributed by atoms with E-state index < -0.39 is 27.7 Å². The fourth-order valence-electron chi connectivity index (χ4n) is 5.15. The van der Waals surface area contributed by atoms with Crippen LogP contribution in [0.1, 0.15) is 40.2 Å². The van der Waals surface area contributed by atoms with Gasteiger partial charge in [-0.15, -0.1) is 0 Å². The molecule has 9 nitrogen and oxygen atoms in total. The summed E-state index contributed by atoms with van der Waals surface area (Å²) in [6.07, 6.45) is 2.77. The molecule has 0 aliphatic heterocycles. The number of rotatable bonds is 13. The summed E-state index contributed by atoms with van der Waals surface area (Å²) < 4.78 is 42.6. The van der Waals surface area contributed by atoms with E-state index in [0.29, 0.717) is 30.2 Å². The van der Waals surface area contributed by atoms with Crippen molar-refractivity contribution < 1.29 is 31.7 Å². The lowest BCUT2D eigenvalue weighted by molar-refractivity contribution is -0.117. The molecule has 1 saturated carbocycles. The lowest BCUT2D eigenvalue weighted by atomic mass is 9.90. The van der Waals surface area contributed by atoms with Crippen LogP contribution in [0.5, 0.6) is 5.75 Å². The van der Waals surface area contributed by atoms with Crippen molar-refractivity contribution in [2.24, 2.45) is 5.92 Å². The fourth-order valence-corrected chi connectivity index (χ4v) is 5.51. The zero-order chi connectivity index (χ0) is 32.1. The molecule has 236 valence electrons. The van der Waals surface area contributed by atoms with Gasteiger partial charge in [0.1, 0.15) is 17.1 Å². The normalized spacial score (nSPS) is 13.7. The molecule has 1 unspecified atom stereocenters. The van der Waals surface area contributed by atoms with Crippen LogP contribution in [-0.4, -0.2) is 43.7 Å². The Bertz CT molecular complexity index is 1900. The molecule has 5 aromatic rings. The van der Waals surface area contributed by atoms with Crippen LogP contribution in [0.15, 0.2) is 108 Å². The zero-order valence-corrected chi connectivity index (χ0v) is 25.8. The predicted molar refractivity (Wildman–Crippen MR) is 177 cm³/mol. The Kier molecular flexibility index (Phi) is 9.18. The average Bonchev–Trinajstić information content (AvgIpc) is 3.78. The number of hydrogen-bond donors (Lipinski definition) is 3. The van der Waals surface area contributed by atoms with Crippen LogP contribution < -0.4 is 15.4 Å². The lowest BCUT2D eigenvalue weighted by Gasteiger charge is -2.19. The molecule has 3 N–H and O–H groups in total. The number of para-hydroxylation sites is 1. The monoisotopic (exact) mass is 638 g/mol. The van der Waals surface area contributed by atoms with E-state index in [1.54, 1.807) is 24.3 Å². The maximum absolute atomic E-state index is 13.8. The van der Waals surface area contributed by atoms with Crippen LogP contribution >= 0.6 is 0 Å². The number of furan rings is 1. The van der Waals surface area contributed by atoms with Gasteiger partial charge in [0.05, 0.1) is 18.3 Å². The highest BCUT2D eigenvalue weighted by atomic mass is 32.2. The Morgan fingerprint density at radius 3 is 2.30 bits per heavy atom. The molecular weight excluding hydrogens is 604 g/mol. The van der Waals surface area contributed by atoms with Gasteiger partial charge in [-0.1, -0.05) is 42.5 Å². The van der Waals surface area contributed by atoms with Crippen molar-refractivity contribution in [3.8, 4) is 17.1 Å². The number of nitrogens with one attached hydrogen (secondary N) is 2. The van der Waals surface area contributed by atoms with Gasteiger partial charge in [-0.25, -0.2) is 0 Å². The average molecular weight is 639 g/mol. The first-order valence-corrected chi connectivity index (χ1v) is 16.8. The lowest BCUT2D eigenvalue weighted by Crippen LogP contribution is -2.28. The second-order valence-electron chi connectivity index (χ2n) is 11.5. The highest BCUT2D eigenvalue weighted by molar-refractivity contribution is 7.85. The highest BCUT2D eigenvalue weighted by Crippen LogP contribution is 2.31. The van der Waals surface area contributed by atoms with Crippen LogP contribution in [0, 0.1) is 5.92 Å². The maximum atomic E-state index is 13.8. The number of amides is 2. The molecule has 4 aromatic carbocycles. The van der Waals surface area contributed by atoms with Gasteiger partial charge in [-0.2, -0.15) is 8.42 Å². The van der Waals surface area contributed by atoms with E-state index >= 15 is 0 Å². The third-order valence-electron chi connectivity index (χ3n) is 7.95. The summed E-state index contributed by atoms with van der Waals surface area (Å²) >= 11 is 0. The summed E-state index contributed by atoms with van der Waals surface area (Å²) in [6.45, 7) is 0.490. The van der Waals surface area contributed by atoms with Crippen LogP contribution in [-0.2, 0) is 21.3 Å². The van der Waals surface area contributed by atoms with E-state index in [1.807, 2.05) is 78.9 Å². The highest BCUT2D eigenvalue weighted by Gasteiger charge is 2.24. The molecule has 0 spiro atoms. The van der Waals surface area contributed by atoms with Crippen LogP contribution in [0.25, 0.3) is 22.3 Å². The number of fused-ring (bicyclic) bond motifs is 1. The van der Waals surface area contributed by atoms with E-state index in [1.165, 1.54) is 12.8 Å². The van der Waals surface area contributed by atoms with Crippen molar-refractivity contribution in [2.75, 3.05) is 24.2 Å². The van der Waals surface area contributed by atoms with Gasteiger partial charge in [0.2, 0.25) is 5.91 Å². The molecule has 1 aromatic heterocycles. The minimum Gasteiger partial charge on any atom is -0.493 e. The van der Waals surface area contributed by atoms with Crippen LogP contribution in [0.2, 0.25) is 0 Å². The molecule has 2 amide bonds. The van der Waals surface area contributed by atoms with Gasteiger partial charge in [0.15, 0.2) is 0 Å². The molecular formula is C36H34N2O7S. The second kappa shape index (κ2) is 13.6. The summed E-state index contributed by atoms with van der Waals surface area (Å²) in [4.78, 5) is 26.2. The second-order valence-corrected chi connectivity index (χ2v) is 13.1. The summed E-state index contributed by atoms with van der Waals surface area (Å²) in [5.74, 6) is 0.385. The van der Waals surface area contributed by atoms with Crippen molar-refractivity contribution in [2.45, 2.75) is 25.2 Å². The number of carbonyl (C=O) groups excluding carboxylic acids is 2. The Hall–Kier alpha value is -4.93. The van der Waals surface area contributed by atoms with Crippen molar-refractivity contribution in [3.63, 3.8) is 0 Å². The quantitative estimate of drug-likeness (QED) is 0.126. The first kappa shape index (κ1) is 31.1. The molecule has 10 heteroatoms. The summed E-state index contributed by atoms with van der Waals surface area (Å²) in [6, 6.07) is 31.7. The molecule has 1 aliphatic rings. The van der Waals surface area contributed by atoms with E-state index in [0.717, 1.165) is 39.2 Å².